The first kappa shape index (κ1) is 17.0. The Morgan fingerprint density at radius 1 is 1.25 bits per heavy atom. The van der Waals surface area contributed by atoms with E-state index in [1.54, 1.807) is 29.9 Å². The highest BCUT2D eigenvalue weighted by molar-refractivity contribution is 7.99. The fraction of sp³-hybridized carbons (Fsp3) is 0.222. The lowest BCUT2D eigenvalue weighted by Gasteiger charge is -2.13. The van der Waals surface area contributed by atoms with Crippen molar-refractivity contribution < 1.29 is 4.74 Å². The van der Waals surface area contributed by atoms with Crippen molar-refractivity contribution in [3.8, 4) is 5.69 Å². The van der Waals surface area contributed by atoms with E-state index in [1.165, 1.54) is 11.8 Å². The van der Waals surface area contributed by atoms with Crippen LogP contribution in [0.1, 0.15) is 5.56 Å². The number of ether oxygens (including phenoxy) is 1. The molecule has 0 spiro atoms. The lowest BCUT2D eigenvalue weighted by molar-refractivity contribution is 0.218. The monoisotopic (exact) mass is 360 g/mol. The van der Waals surface area contributed by atoms with Gasteiger partial charge in [-0.25, -0.2) is 4.98 Å². The van der Waals surface area contributed by atoms with Crippen molar-refractivity contribution in [1.82, 2.24) is 9.55 Å². The third-order valence-corrected chi connectivity index (χ3v) is 4.72. The summed E-state index contributed by atoms with van der Waals surface area (Å²) in [5.74, 6) is 0.709. The largest absolute Gasteiger partial charge is 0.384 e. The maximum Gasteiger partial charge on any atom is 0.266 e. The molecule has 3 aromatic rings. The number of halogens is 1. The fourth-order valence-corrected chi connectivity index (χ4v) is 3.53. The van der Waals surface area contributed by atoms with Crippen LogP contribution >= 0.6 is 23.4 Å². The zero-order valence-electron chi connectivity index (χ0n) is 13.5. The molecule has 124 valence electrons. The van der Waals surface area contributed by atoms with Gasteiger partial charge in [0, 0.05) is 17.9 Å². The second kappa shape index (κ2) is 7.38. The Balaban J connectivity index is 2.23. The van der Waals surface area contributed by atoms with Crippen LogP contribution in [-0.4, -0.2) is 29.0 Å². The van der Waals surface area contributed by atoms with Crippen molar-refractivity contribution in [2.75, 3.05) is 19.5 Å². The minimum Gasteiger partial charge on any atom is -0.384 e. The van der Waals surface area contributed by atoms with E-state index in [-0.39, 0.29) is 5.56 Å². The van der Waals surface area contributed by atoms with Gasteiger partial charge in [0.15, 0.2) is 5.16 Å². The predicted molar refractivity (Wildman–Crippen MR) is 99.7 cm³/mol. The molecule has 0 saturated carbocycles. The van der Waals surface area contributed by atoms with Gasteiger partial charge < -0.3 is 4.74 Å². The van der Waals surface area contributed by atoms with Gasteiger partial charge in [-0.05, 0) is 42.8 Å². The highest BCUT2D eigenvalue weighted by atomic mass is 35.5. The molecule has 0 bridgehead atoms. The van der Waals surface area contributed by atoms with E-state index >= 15 is 0 Å². The number of thioether (sulfide) groups is 1. The topological polar surface area (TPSA) is 44.1 Å². The molecule has 0 radical (unpaired) electrons. The summed E-state index contributed by atoms with van der Waals surface area (Å²) in [6.07, 6.45) is 0. The van der Waals surface area contributed by atoms with Crippen LogP contribution in [0, 0.1) is 6.92 Å². The Morgan fingerprint density at radius 2 is 2.08 bits per heavy atom. The molecule has 0 amide bonds. The molecule has 0 aliphatic carbocycles. The molecular weight excluding hydrogens is 344 g/mol. The number of hydrogen-bond acceptors (Lipinski definition) is 4. The van der Waals surface area contributed by atoms with E-state index in [9.17, 15) is 4.79 Å². The minimum atomic E-state index is -0.0952. The Morgan fingerprint density at radius 3 is 2.83 bits per heavy atom. The number of nitrogens with zero attached hydrogens (tertiary/aromatic N) is 2. The van der Waals surface area contributed by atoms with Crippen LogP contribution in [0.15, 0.2) is 52.4 Å². The summed E-state index contributed by atoms with van der Waals surface area (Å²) in [4.78, 5) is 17.7. The summed E-state index contributed by atoms with van der Waals surface area (Å²) in [6.45, 7) is 2.59. The van der Waals surface area contributed by atoms with Crippen molar-refractivity contribution in [1.29, 1.82) is 0 Å². The highest BCUT2D eigenvalue weighted by Gasteiger charge is 2.13. The van der Waals surface area contributed by atoms with Crippen LogP contribution in [0.3, 0.4) is 0 Å². The van der Waals surface area contributed by atoms with E-state index in [2.05, 4.69) is 4.98 Å². The number of methoxy groups -OCH3 is 1. The molecule has 6 heteroatoms. The lowest BCUT2D eigenvalue weighted by Crippen LogP contribution is -2.22. The van der Waals surface area contributed by atoms with E-state index in [0.29, 0.717) is 33.4 Å². The van der Waals surface area contributed by atoms with Crippen LogP contribution in [-0.2, 0) is 4.74 Å². The first-order valence-corrected chi connectivity index (χ1v) is 8.87. The molecule has 1 heterocycles. The van der Waals surface area contributed by atoms with E-state index in [0.717, 1.165) is 11.3 Å². The summed E-state index contributed by atoms with van der Waals surface area (Å²) in [5, 5.41) is 1.75. The van der Waals surface area contributed by atoms with E-state index < -0.39 is 0 Å². The highest BCUT2D eigenvalue weighted by Crippen LogP contribution is 2.23. The molecule has 0 unspecified atom stereocenters. The number of aryl methyl sites for hydroxylation is 1. The first-order valence-electron chi connectivity index (χ1n) is 7.51. The van der Waals surface area contributed by atoms with Crippen molar-refractivity contribution in [2.24, 2.45) is 0 Å². The van der Waals surface area contributed by atoms with Gasteiger partial charge in [0.2, 0.25) is 0 Å². The van der Waals surface area contributed by atoms with Crippen LogP contribution in [0.25, 0.3) is 16.6 Å². The van der Waals surface area contributed by atoms with Gasteiger partial charge in [-0.15, -0.1) is 0 Å². The van der Waals surface area contributed by atoms with E-state index in [1.807, 2.05) is 31.2 Å². The summed E-state index contributed by atoms with van der Waals surface area (Å²) < 4.78 is 6.76. The van der Waals surface area contributed by atoms with Crippen LogP contribution in [0.5, 0.6) is 0 Å². The number of rotatable bonds is 5. The number of benzene rings is 2. The van der Waals surface area contributed by atoms with Gasteiger partial charge in [-0.3, -0.25) is 9.36 Å². The molecule has 0 saturated heterocycles. The maximum absolute atomic E-state index is 13.0. The molecule has 4 nitrogen and oxygen atoms in total. The molecule has 0 N–H and O–H groups in total. The second-order valence-electron chi connectivity index (χ2n) is 5.38. The molecule has 0 atom stereocenters. The predicted octanol–water partition coefficient (Wildman–Crippen LogP) is 4.09. The fourth-order valence-electron chi connectivity index (χ4n) is 2.45. The number of aromatic nitrogens is 2. The van der Waals surface area contributed by atoms with Crippen LogP contribution in [0.4, 0.5) is 0 Å². The van der Waals surface area contributed by atoms with Crippen molar-refractivity contribution >= 4 is 34.3 Å². The molecule has 3 rings (SSSR count). The zero-order valence-corrected chi connectivity index (χ0v) is 15.0. The molecule has 1 aromatic heterocycles. The molecule has 24 heavy (non-hydrogen) atoms. The molecule has 0 aliphatic rings. The van der Waals surface area contributed by atoms with Gasteiger partial charge in [-0.2, -0.15) is 0 Å². The van der Waals surface area contributed by atoms with Gasteiger partial charge >= 0.3 is 0 Å². The Hall–Kier alpha value is -1.82. The number of fused-ring (bicyclic) bond motifs is 1. The SMILES string of the molecule is COCCSc1nc2cc(Cl)ccc2c(=O)n1-c1cccc(C)c1. The second-order valence-corrected chi connectivity index (χ2v) is 6.88. The summed E-state index contributed by atoms with van der Waals surface area (Å²) >= 11 is 7.54. The Kier molecular flexibility index (Phi) is 5.23. The molecule has 0 fully saturated rings. The average Bonchev–Trinajstić information content (AvgIpc) is 2.55. The third kappa shape index (κ3) is 3.48. The smallest absolute Gasteiger partial charge is 0.266 e. The third-order valence-electron chi connectivity index (χ3n) is 3.58. The maximum atomic E-state index is 13.0. The van der Waals surface area contributed by atoms with Gasteiger partial charge in [0.25, 0.3) is 5.56 Å². The summed E-state index contributed by atoms with van der Waals surface area (Å²) in [7, 11) is 1.65. The standard InChI is InChI=1S/C18H17ClN2O2S/c1-12-4-3-5-14(10-12)21-17(22)15-7-6-13(19)11-16(15)20-18(21)24-9-8-23-2/h3-7,10-11H,8-9H2,1-2H3. The summed E-state index contributed by atoms with van der Waals surface area (Å²) in [5.41, 5.74) is 2.41. The van der Waals surface area contributed by atoms with Crippen molar-refractivity contribution in [3.63, 3.8) is 0 Å². The molecule has 0 aliphatic heterocycles. The molecular formula is C18H17ClN2O2S. The quantitative estimate of drug-likeness (QED) is 0.390. The van der Waals surface area contributed by atoms with Crippen LogP contribution < -0.4 is 5.56 Å². The molecule has 2 aromatic carbocycles. The summed E-state index contributed by atoms with van der Waals surface area (Å²) in [6, 6.07) is 13.0. The Bertz CT molecular complexity index is 940. The zero-order chi connectivity index (χ0) is 17.1. The first-order chi connectivity index (χ1) is 11.6. The normalized spacial score (nSPS) is 11.1. The van der Waals surface area contributed by atoms with Crippen molar-refractivity contribution in [3.05, 3.63) is 63.4 Å². The minimum absolute atomic E-state index is 0.0952. The van der Waals surface area contributed by atoms with Crippen LogP contribution in [0.2, 0.25) is 5.02 Å². The van der Waals surface area contributed by atoms with Gasteiger partial charge in [0.1, 0.15) is 0 Å². The average molecular weight is 361 g/mol. The van der Waals surface area contributed by atoms with Crippen molar-refractivity contribution in [2.45, 2.75) is 12.1 Å². The number of hydrogen-bond donors (Lipinski definition) is 0. The Labute approximate surface area is 149 Å². The van der Waals surface area contributed by atoms with E-state index in [4.69, 9.17) is 16.3 Å². The van der Waals surface area contributed by atoms with Gasteiger partial charge in [0.05, 0.1) is 23.2 Å². The van der Waals surface area contributed by atoms with Gasteiger partial charge in [-0.1, -0.05) is 35.5 Å². The lowest BCUT2D eigenvalue weighted by atomic mass is 10.2.